The molecule has 0 aliphatic carbocycles. The lowest BCUT2D eigenvalue weighted by Gasteiger charge is -2.08. The highest BCUT2D eigenvalue weighted by molar-refractivity contribution is 14.1. The fraction of sp³-hybridized carbons (Fsp3) is 0.913. The Labute approximate surface area is 208 Å². The van der Waals surface area contributed by atoms with Gasteiger partial charge in [0, 0.05) is 6.61 Å². The summed E-state index contributed by atoms with van der Waals surface area (Å²) in [4.78, 5) is 0. The van der Waals surface area contributed by atoms with Gasteiger partial charge >= 0.3 is 0 Å². The van der Waals surface area contributed by atoms with Gasteiger partial charge in [0.15, 0.2) is 0 Å². The molecule has 0 unspecified atom stereocenters. The third-order valence-corrected chi connectivity index (χ3v) is 4.72. The van der Waals surface area contributed by atoms with E-state index in [1.54, 1.807) is 0 Å². The molecule has 0 saturated carbocycles. The predicted octanol–water partition coefficient (Wildman–Crippen LogP) is 2.75. The molecule has 9 heteroatoms. The van der Waals surface area contributed by atoms with Gasteiger partial charge in [0.05, 0.1) is 92.5 Å². The van der Waals surface area contributed by atoms with E-state index in [0.717, 1.165) is 13.0 Å². The van der Waals surface area contributed by atoms with Crippen molar-refractivity contribution in [3.05, 3.63) is 0 Å². The molecule has 0 aromatic carbocycles. The molecule has 8 nitrogen and oxygen atoms in total. The summed E-state index contributed by atoms with van der Waals surface area (Å²) < 4.78 is 44.4. The number of ether oxygens (including phenoxy) is 8. The van der Waals surface area contributed by atoms with E-state index >= 15 is 0 Å². The van der Waals surface area contributed by atoms with Crippen LogP contribution in [0.4, 0.5) is 0 Å². The van der Waals surface area contributed by atoms with Gasteiger partial charge in [-0.25, -0.2) is 0 Å². The second-order valence-corrected chi connectivity index (χ2v) is 7.73. The Morgan fingerprint density at radius 1 is 0.406 bits per heavy atom. The van der Waals surface area contributed by atoms with Crippen molar-refractivity contribution >= 4 is 22.6 Å². The van der Waals surface area contributed by atoms with Gasteiger partial charge in [-0.05, 0) is 17.3 Å². The highest BCUT2D eigenvalue weighted by Crippen LogP contribution is 2.02. The number of unbranched alkanes of at least 4 members (excludes halogenated alkanes) is 3. The average Bonchev–Trinajstić information content (AvgIpc) is 2.81. The van der Waals surface area contributed by atoms with E-state index in [2.05, 4.69) is 28.5 Å². The minimum Gasteiger partial charge on any atom is -0.379 e. The van der Waals surface area contributed by atoms with Crippen molar-refractivity contribution in [1.29, 1.82) is 0 Å². The summed E-state index contributed by atoms with van der Waals surface area (Å²) in [5.41, 5.74) is 0. The van der Waals surface area contributed by atoms with Crippen LogP contribution < -0.4 is 0 Å². The standard InChI is InChI=1S/C23H43IO8/c1-2-8-25-10-12-27-14-16-29-18-20-31-22-23-32-21-19-30-17-15-28-13-11-26-9-6-4-3-5-7-24/h1H,3-23H2. The van der Waals surface area contributed by atoms with Crippen LogP contribution >= 0.6 is 22.6 Å². The maximum absolute atomic E-state index is 5.54. The lowest BCUT2D eigenvalue weighted by molar-refractivity contribution is -0.0225. The molecular formula is C23H43IO8. The highest BCUT2D eigenvalue weighted by Gasteiger charge is 1.95. The SMILES string of the molecule is C#CCOCCOCCOCCOCCOCCOCCOCCOCCCCCCI. The monoisotopic (exact) mass is 574 g/mol. The molecule has 0 aromatic heterocycles. The molecule has 0 saturated heterocycles. The molecule has 0 amide bonds. The molecule has 0 bridgehead atoms. The normalized spacial score (nSPS) is 11.1. The van der Waals surface area contributed by atoms with E-state index in [9.17, 15) is 0 Å². The van der Waals surface area contributed by atoms with Crippen molar-refractivity contribution in [2.45, 2.75) is 25.7 Å². The Morgan fingerprint density at radius 3 is 1.06 bits per heavy atom. The Kier molecular flexibility index (Phi) is 30.9. The van der Waals surface area contributed by atoms with Crippen molar-refractivity contribution in [3.63, 3.8) is 0 Å². The van der Waals surface area contributed by atoms with E-state index in [4.69, 9.17) is 44.3 Å². The molecule has 0 radical (unpaired) electrons. The second-order valence-electron chi connectivity index (χ2n) is 6.65. The summed E-state index contributed by atoms with van der Waals surface area (Å²) in [5, 5.41) is 0. The highest BCUT2D eigenvalue weighted by atomic mass is 127. The summed E-state index contributed by atoms with van der Waals surface area (Å²) in [5.74, 6) is 2.40. The molecule has 0 aromatic rings. The molecule has 0 aliphatic rings. The van der Waals surface area contributed by atoms with Crippen LogP contribution in [-0.2, 0) is 37.9 Å². The summed E-state index contributed by atoms with van der Waals surface area (Å²) in [7, 11) is 0. The number of terminal acetylenes is 1. The zero-order valence-electron chi connectivity index (χ0n) is 19.6. The van der Waals surface area contributed by atoms with Crippen molar-refractivity contribution in [2.24, 2.45) is 0 Å². The van der Waals surface area contributed by atoms with Crippen LogP contribution in [0.5, 0.6) is 0 Å². The van der Waals surface area contributed by atoms with E-state index in [1.807, 2.05) is 0 Å². The second kappa shape index (κ2) is 31.0. The van der Waals surface area contributed by atoms with Gasteiger partial charge in [0.2, 0.25) is 0 Å². The quantitative estimate of drug-likeness (QED) is 0.0612. The van der Waals surface area contributed by atoms with Crippen molar-refractivity contribution < 1.29 is 37.9 Å². The molecule has 0 rings (SSSR count). The smallest absolute Gasteiger partial charge is 0.107 e. The van der Waals surface area contributed by atoms with Gasteiger partial charge in [-0.1, -0.05) is 41.4 Å². The maximum atomic E-state index is 5.54. The zero-order valence-corrected chi connectivity index (χ0v) is 21.7. The fourth-order valence-corrected chi connectivity index (χ4v) is 2.86. The van der Waals surface area contributed by atoms with E-state index in [0.29, 0.717) is 99.1 Å². The van der Waals surface area contributed by atoms with Crippen molar-refractivity contribution in [1.82, 2.24) is 0 Å². The zero-order chi connectivity index (χ0) is 23.2. The topological polar surface area (TPSA) is 73.8 Å². The number of rotatable bonds is 28. The number of hydrogen-bond donors (Lipinski definition) is 0. The van der Waals surface area contributed by atoms with Crippen LogP contribution in [0.25, 0.3) is 0 Å². The Hall–Kier alpha value is -0.0300. The van der Waals surface area contributed by atoms with Gasteiger partial charge < -0.3 is 37.9 Å². The van der Waals surface area contributed by atoms with E-state index in [1.165, 1.54) is 23.7 Å². The van der Waals surface area contributed by atoms with E-state index in [-0.39, 0.29) is 0 Å². The average molecular weight is 574 g/mol. The van der Waals surface area contributed by atoms with Gasteiger partial charge in [-0.3, -0.25) is 0 Å². The lowest BCUT2D eigenvalue weighted by atomic mass is 10.2. The predicted molar refractivity (Wildman–Crippen MR) is 133 cm³/mol. The van der Waals surface area contributed by atoms with Crippen molar-refractivity contribution in [2.75, 3.05) is 110 Å². The first-order valence-electron chi connectivity index (χ1n) is 11.5. The third kappa shape index (κ3) is 30.0. The molecule has 0 fully saturated rings. The number of alkyl halides is 1. The molecule has 32 heavy (non-hydrogen) atoms. The molecule has 0 heterocycles. The van der Waals surface area contributed by atoms with Crippen LogP contribution in [0.15, 0.2) is 0 Å². The van der Waals surface area contributed by atoms with Crippen LogP contribution in [-0.4, -0.2) is 110 Å². The summed E-state index contributed by atoms with van der Waals surface area (Å²) in [6, 6.07) is 0. The lowest BCUT2D eigenvalue weighted by Crippen LogP contribution is -2.15. The van der Waals surface area contributed by atoms with Crippen LogP contribution in [0.1, 0.15) is 25.7 Å². The molecule has 0 spiro atoms. The fourth-order valence-electron chi connectivity index (χ4n) is 2.32. The van der Waals surface area contributed by atoms with Crippen LogP contribution in [0.2, 0.25) is 0 Å². The Bertz CT molecular complexity index is 381. The first kappa shape index (κ1) is 32.0. The first-order chi connectivity index (χ1) is 15.9. The van der Waals surface area contributed by atoms with Crippen LogP contribution in [0.3, 0.4) is 0 Å². The molecule has 190 valence electrons. The number of halogens is 1. The Morgan fingerprint density at radius 2 is 0.719 bits per heavy atom. The third-order valence-electron chi connectivity index (χ3n) is 3.96. The maximum Gasteiger partial charge on any atom is 0.107 e. The minimum atomic E-state index is 0.318. The largest absolute Gasteiger partial charge is 0.379 e. The number of hydrogen-bond acceptors (Lipinski definition) is 8. The summed E-state index contributed by atoms with van der Waals surface area (Å²) in [6.07, 6.45) is 10.1. The molecule has 0 N–H and O–H groups in total. The Balaban J connectivity index is 2.99. The van der Waals surface area contributed by atoms with Crippen molar-refractivity contribution in [3.8, 4) is 12.3 Å². The summed E-state index contributed by atoms with van der Waals surface area (Å²) >= 11 is 2.42. The van der Waals surface area contributed by atoms with Gasteiger partial charge in [0.25, 0.3) is 0 Å². The van der Waals surface area contributed by atoms with E-state index < -0.39 is 0 Å². The molecule has 0 aliphatic heterocycles. The van der Waals surface area contributed by atoms with Gasteiger partial charge in [0.1, 0.15) is 6.61 Å². The summed E-state index contributed by atoms with van der Waals surface area (Å²) in [6.45, 7) is 8.86. The van der Waals surface area contributed by atoms with Gasteiger partial charge in [-0.15, -0.1) is 6.42 Å². The van der Waals surface area contributed by atoms with Crippen LogP contribution in [0, 0.1) is 12.3 Å². The molecular weight excluding hydrogens is 531 g/mol. The first-order valence-corrected chi connectivity index (χ1v) is 13.1. The molecule has 0 atom stereocenters. The van der Waals surface area contributed by atoms with Gasteiger partial charge in [-0.2, -0.15) is 0 Å². The minimum absolute atomic E-state index is 0.318.